The molecule has 28 heavy (non-hydrogen) atoms. The number of aliphatic carboxylic acids is 1. The quantitative estimate of drug-likeness (QED) is 0.464. The summed E-state index contributed by atoms with van der Waals surface area (Å²) in [7, 11) is 0. The van der Waals surface area contributed by atoms with E-state index in [1.165, 1.54) is 6.07 Å². The number of carboxylic acid groups (broad SMARTS) is 1. The molecule has 0 aliphatic heterocycles. The van der Waals surface area contributed by atoms with E-state index in [-0.39, 0.29) is 18.7 Å². The number of nitrogens with one attached hydrogen (secondary N) is 1. The van der Waals surface area contributed by atoms with Crippen LogP contribution in [0.3, 0.4) is 0 Å². The number of hydrogen-bond donors (Lipinski definition) is 4. The number of carboxylic acids is 1. The van der Waals surface area contributed by atoms with Crippen LogP contribution in [0.2, 0.25) is 0 Å². The molecule has 0 fully saturated rings. The zero-order valence-electron chi connectivity index (χ0n) is 14.7. The number of aromatic nitrogens is 4. The third kappa shape index (κ3) is 4.36. The van der Waals surface area contributed by atoms with Gasteiger partial charge in [0.05, 0.1) is 6.42 Å². The van der Waals surface area contributed by atoms with Gasteiger partial charge in [-0.05, 0) is 30.3 Å². The molecule has 3 rings (SSSR count). The van der Waals surface area contributed by atoms with Crippen LogP contribution in [-0.4, -0.2) is 37.4 Å². The van der Waals surface area contributed by atoms with Gasteiger partial charge < -0.3 is 21.9 Å². The van der Waals surface area contributed by atoms with E-state index in [0.717, 1.165) is 0 Å². The molecule has 1 heterocycles. The number of nitrogen functional groups attached to an aromatic ring is 2. The Kier molecular flexibility index (Phi) is 5.40. The van der Waals surface area contributed by atoms with Gasteiger partial charge in [0.15, 0.2) is 0 Å². The Morgan fingerprint density at radius 3 is 2.04 bits per heavy atom. The average molecular weight is 379 g/mol. The molecule has 3 aromatic rings. The molecule has 2 aromatic carbocycles. The monoisotopic (exact) mass is 379 g/mol. The number of nitrogens with zero attached hydrogens (tertiary/aromatic N) is 4. The van der Waals surface area contributed by atoms with Crippen molar-refractivity contribution in [2.24, 2.45) is 0 Å². The molecule has 142 valence electrons. The van der Waals surface area contributed by atoms with E-state index in [4.69, 9.17) is 16.6 Å². The predicted molar refractivity (Wildman–Crippen MR) is 103 cm³/mol. The van der Waals surface area contributed by atoms with E-state index < -0.39 is 11.9 Å². The first kappa shape index (κ1) is 18.7. The number of benzene rings is 2. The molecule has 1 aromatic heterocycles. The van der Waals surface area contributed by atoms with Gasteiger partial charge in [-0.1, -0.05) is 12.1 Å². The van der Waals surface area contributed by atoms with Gasteiger partial charge in [0, 0.05) is 34.6 Å². The second-order valence-corrected chi connectivity index (χ2v) is 5.88. The summed E-state index contributed by atoms with van der Waals surface area (Å²) in [6.07, 6.45) is -0.374. The molecular formula is C18H17N7O3. The standard InChI is InChI=1S/C18H17N7O3/c19-13-4-2-1-3-11(13)17-22-24-18(25-23-17)12-6-5-10(9-14(12)20)21-15(26)7-8-16(27)28/h1-6,9H,7-8,19-20H2,(H,21,26)(H,27,28). The molecule has 0 spiro atoms. The maximum absolute atomic E-state index is 11.7. The van der Waals surface area contributed by atoms with E-state index in [0.29, 0.717) is 34.0 Å². The molecule has 0 saturated carbocycles. The summed E-state index contributed by atoms with van der Waals surface area (Å²) in [5.74, 6) is -0.941. The van der Waals surface area contributed by atoms with Gasteiger partial charge in [-0.15, -0.1) is 20.4 Å². The molecule has 0 unspecified atom stereocenters. The van der Waals surface area contributed by atoms with Crippen LogP contribution in [-0.2, 0) is 9.59 Å². The molecule has 10 nitrogen and oxygen atoms in total. The highest BCUT2D eigenvalue weighted by atomic mass is 16.4. The Labute approximate surface area is 159 Å². The van der Waals surface area contributed by atoms with Crippen LogP contribution in [0.1, 0.15) is 12.8 Å². The van der Waals surface area contributed by atoms with E-state index in [1.54, 1.807) is 30.3 Å². The fourth-order valence-corrected chi connectivity index (χ4v) is 2.43. The number of amides is 1. The molecule has 0 aliphatic carbocycles. The van der Waals surface area contributed by atoms with Crippen LogP contribution in [0.25, 0.3) is 22.8 Å². The smallest absolute Gasteiger partial charge is 0.303 e. The molecule has 1 amide bonds. The van der Waals surface area contributed by atoms with Crippen LogP contribution in [0.4, 0.5) is 17.1 Å². The minimum Gasteiger partial charge on any atom is -0.481 e. The minimum absolute atomic E-state index is 0.127. The minimum atomic E-state index is -1.04. The van der Waals surface area contributed by atoms with E-state index in [1.807, 2.05) is 6.07 Å². The molecule has 6 N–H and O–H groups in total. The van der Waals surface area contributed by atoms with Crippen molar-refractivity contribution < 1.29 is 14.7 Å². The second kappa shape index (κ2) is 8.08. The first-order valence-corrected chi connectivity index (χ1v) is 8.28. The highest BCUT2D eigenvalue weighted by Crippen LogP contribution is 2.26. The number of hydrogen-bond acceptors (Lipinski definition) is 8. The van der Waals surface area contributed by atoms with Gasteiger partial charge in [0.2, 0.25) is 17.6 Å². The average Bonchev–Trinajstić information content (AvgIpc) is 2.67. The van der Waals surface area contributed by atoms with Gasteiger partial charge in [0.1, 0.15) is 0 Å². The lowest BCUT2D eigenvalue weighted by atomic mass is 10.1. The molecule has 0 atom stereocenters. The Balaban J connectivity index is 1.76. The van der Waals surface area contributed by atoms with Crippen molar-refractivity contribution in [1.29, 1.82) is 0 Å². The first-order chi connectivity index (χ1) is 13.4. The van der Waals surface area contributed by atoms with Crippen LogP contribution < -0.4 is 16.8 Å². The fraction of sp³-hybridized carbons (Fsp3) is 0.111. The van der Waals surface area contributed by atoms with Gasteiger partial charge >= 0.3 is 5.97 Å². The van der Waals surface area contributed by atoms with Crippen molar-refractivity contribution in [1.82, 2.24) is 20.4 Å². The van der Waals surface area contributed by atoms with Crippen LogP contribution >= 0.6 is 0 Å². The van der Waals surface area contributed by atoms with E-state index in [9.17, 15) is 9.59 Å². The Hall–Kier alpha value is -4.08. The Morgan fingerprint density at radius 1 is 0.857 bits per heavy atom. The van der Waals surface area contributed by atoms with Crippen LogP contribution in [0, 0.1) is 0 Å². The topological polar surface area (TPSA) is 170 Å². The van der Waals surface area contributed by atoms with Gasteiger partial charge in [-0.2, -0.15) is 0 Å². The summed E-state index contributed by atoms with van der Waals surface area (Å²) in [5.41, 5.74) is 14.3. The van der Waals surface area contributed by atoms with Crippen molar-refractivity contribution in [2.45, 2.75) is 12.8 Å². The molecule has 0 aliphatic rings. The highest BCUT2D eigenvalue weighted by molar-refractivity contribution is 5.93. The highest BCUT2D eigenvalue weighted by Gasteiger charge is 2.12. The normalized spacial score (nSPS) is 10.4. The van der Waals surface area contributed by atoms with Crippen molar-refractivity contribution >= 4 is 28.9 Å². The number of nitrogens with two attached hydrogens (primary N) is 2. The molecule has 0 bridgehead atoms. The summed E-state index contributed by atoms with van der Waals surface area (Å²) in [4.78, 5) is 22.2. The summed E-state index contributed by atoms with van der Waals surface area (Å²) >= 11 is 0. The Bertz CT molecular complexity index is 1020. The second-order valence-electron chi connectivity index (χ2n) is 5.88. The zero-order chi connectivity index (χ0) is 20.1. The Morgan fingerprint density at radius 2 is 1.46 bits per heavy atom. The van der Waals surface area contributed by atoms with Crippen molar-refractivity contribution in [2.75, 3.05) is 16.8 Å². The van der Waals surface area contributed by atoms with Gasteiger partial charge in [0.25, 0.3) is 0 Å². The number of para-hydroxylation sites is 1. The van der Waals surface area contributed by atoms with E-state index >= 15 is 0 Å². The van der Waals surface area contributed by atoms with Crippen LogP contribution in [0.5, 0.6) is 0 Å². The third-order valence-corrected chi connectivity index (χ3v) is 3.82. The molecule has 10 heteroatoms. The van der Waals surface area contributed by atoms with Crippen molar-refractivity contribution in [3.8, 4) is 22.8 Å². The number of anilines is 3. The lowest BCUT2D eigenvalue weighted by molar-refractivity contribution is -0.138. The largest absolute Gasteiger partial charge is 0.481 e. The predicted octanol–water partition coefficient (Wildman–Crippen LogP) is 1.57. The van der Waals surface area contributed by atoms with Gasteiger partial charge in [-0.25, -0.2) is 0 Å². The SMILES string of the molecule is Nc1ccccc1-c1nnc(-c2ccc(NC(=O)CCC(=O)O)cc2N)nn1. The maximum atomic E-state index is 11.7. The molecule has 0 saturated heterocycles. The van der Waals surface area contributed by atoms with E-state index in [2.05, 4.69) is 25.7 Å². The number of carbonyl (C=O) groups is 2. The fourth-order valence-electron chi connectivity index (χ4n) is 2.43. The molecule has 0 radical (unpaired) electrons. The third-order valence-electron chi connectivity index (χ3n) is 3.82. The summed E-state index contributed by atoms with van der Waals surface area (Å²) in [5, 5.41) is 27.4. The van der Waals surface area contributed by atoms with Crippen LogP contribution in [0.15, 0.2) is 42.5 Å². The zero-order valence-corrected chi connectivity index (χ0v) is 14.7. The van der Waals surface area contributed by atoms with Crippen molar-refractivity contribution in [3.05, 3.63) is 42.5 Å². The molecular weight excluding hydrogens is 362 g/mol. The lowest BCUT2D eigenvalue weighted by Gasteiger charge is -2.08. The summed E-state index contributed by atoms with van der Waals surface area (Å²) in [6.45, 7) is 0. The van der Waals surface area contributed by atoms with Crippen molar-refractivity contribution in [3.63, 3.8) is 0 Å². The number of carbonyl (C=O) groups excluding carboxylic acids is 1. The first-order valence-electron chi connectivity index (χ1n) is 8.28. The van der Waals surface area contributed by atoms with Gasteiger partial charge in [-0.3, -0.25) is 9.59 Å². The summed E-state index contributed by atoms with van der Waals surface area (Å²) < 4.78 is 0. The summed E-state index contributed by atoms with van der Waals surface area (Å²) in [6, 6.07) is 11.9. The number of rotatable bonds is 6. The maximum Gasteiger partial charge on any atom is 0.303 e. The lowest BCUT2D eigenvalue weighted by Crippen LogP contribution is -2.13.